The van der Waals surface area contributed by atoms with Crippen molar-refractivity contribution >= 4 is 23.2 Å². The van der Waals surface area contributed by atoms with Crippen molar-refractivity contribution in [1.82, 2.24) is 0 Å². The third-order valence-corrected chi connectivity index (χ3v) is 4.53. The van der Waals surface area contributed by atoms with E-state index in [1.165, 1.54) is 0 Å². The highest BCUT2D eigenvalue weighted by Gasteiger charge is 2.64. The number of nitrogens with zero attached hydrogens (tertiary/aromatic N) is 2. The maximum absolute atomic E-state index is 12.4. The van der Waals surface area contributed by atoms with Crippen molar-refractivity contribution in [3.63, 3.8) is 0 Å². The van der Waals surface area contributed by atoms with Gasteiger partial charge in [-0.25, -0.2) is 0 Å². The molecule has 1 aromatic carbocycles. The first-order valence-corrected chi connectivity index (χ1v) is 6.60. The van der Waals surface area contributed by atoms with Crippen LogP contribution in [-0.4, -0.2) is 23.2 Å². The average Bonchev–Trinajstić information content (AvgIpc) is 3.16. The lowest BCUT2D eigenvalue weighted by Gasteiger charge is -2.23. The number of anilines is 1. The van der Waals surface area contributed by atoms with Crippen molar-refractivity contribution < 1.29 is 9.90 Å². The van der Waals surface area contributed by atoms with E-state index in [0.717, 1.165) is 12.8 Å². The summed E-state index contributed by atoms with van der Waals surface area (Å²) in [5.74, 6) is -0.0340. The summed E-state index contributed by atoms with van der Waals surface area (Å²) in [7, 11) is 0. The van der Waals surface area contributed by atoms with Gasteiger partial charge >= 0.3 is 0 Å². The molecule has 2 atom stereocenters. The summed E-state index contributed by atoms with van der Waals surface area (Å²) >= 11 is 6.00. The second-order valence-corrected chi connectivity index (χ2v) is 5.70. The molecule has 19 heavy (non-hydrogen) atoms. The number of hydrogen-bond donors (Lipinski definition) is 1. The molecule has 98 valence electrons. The molecule has 1 amide bonds. The largest absolute Gasteiger partial charge is 0.390 e. The number of carbonyl (C=O) groups excluding carboxylic acids is 1. The minimum Gasteiger partial charge on any atom is -0.390 e. The molecule has 5 heteroatoms. The van der Waals surface area contributed by atoms with Gasteiger partial charge in [-0.05, 0) is 38.0 Å². The van der Waals surface area contributed by atoms with Gasteiger partial charge in [0.05, 0.1) is 28.1 Å². The Labute approximate surface area is 116 Å². The number of rotatable bonds is 1. The molecule has 1 N–H and O–H groups in total. The second-order valence-electron chi connectivity index (χ2n) is 5.29. The number of amides is 1. The van der Waals surface area contributed by atoms with E-state index in [2.05, 4.69) is 0 Å². The summed E-state index contributed by atoms with van der Waals surface area (Å²) in [6.07, 6.45) is 0.866. The first-order valence-electron chi connectivity index (χ1n) is 6.22. The zero-order valence-corrected chi connectivity index (χ0v) is 11.2. The van der Waals surface area contributed by atoms with Crippen LogP contribution >= 0.6 is 11.6 Å². The van der Waals surface area contributed by atoms with Crippen LogP contribution in [0.3, 0.4) is 0 Å². The van der Waals surface area contributed by atoms with Crippen LogP contribution in [0.4, 0.5) is 5.69 Å². The summed E-state index contributed by atoms with van der Waals surface area (Å²) < 4.78 is 0. The van der Waals surface area contributed by atoms with E-state index in [-0.39, 0.29) is 11.9 Å². The highest BCUT2D eigenvalue weighted by molar-refractivity contribution is 6.32. The van der Waals surface area contributed by atoms with Gasteiger partial charge in [-0.15, -0.1) is 0 Å². The fourth-order valence-electron chi connectivity index (χ4n) is 2.90. The van der Waals surface area contributed by atoms with Crippen LogP contribution in [0.25, 0.3) is 0 Å². The smallest absolute Gasteiger partial charge is 0.236 e. The zero-order chi connectivity index (χ0) is 13.8. The molecule has 0 radical (unpaired) electrons. The predicted molar refractivity (Wildman–Crippen MR) is 70.8 cm³/mol. The summed E-state index contributed by atoms with van der Waals surface area (Å²) in [6.45, 7) is 1.84. The van der Waals surface area contributed by atoms with Crippen molar-refractivity contribution in [2.45, 2.75) is 31.9 Å². The second kappa shape index (κ2) is 3.96. The minimum atomic E-state index is -0.630. The van der Waals surface area contributed by atoms with E-state index in [9.17, 15) is 9.90 Å². The standard InChI is InChI=1S/C14H13ClN2O2/c1-8-12(18)14(4-5-14)13(19)17(8)10-3-2-9(7-16)11(15)6-10/h2-3,6,8,12,18H,4-5H2,1H3/t8-,12?/m0/s1. The minimum absolute atomic E-state index is 0.0340. The highest BCUT2D eigenvalue weighted by Crippen LogP contribution is 2.56. The van der Waals surface area contributed by atoms with Crippen LogP contribution in [-0.2, 0) is 4.79 Å². The van der Waals surface area contributed by atoms with E-state index < -0.39 is 11.5 Å². The molecule has 0 aromatic heterocycles. The van der Waals surface area contributed by atoms with Crippen molar-refractivity contribution in [3.8, 4) is 6.07 Å². The molecular formula is C14H13ClN2O2. The van der Waals surface area contributed by atoms with Gasteiger partial charge in [0.1, 0.15) is 6.07 Å². The van der Waals surface area contributed by atoms with Crippen molar-refractivity contribution in [2.24, 2.45) is 5.41 Å². The molecule has 2 fully saturated rings. The monoisotopic (exact) mass is 276 g/mol. The number of aliphatic hydroxyl groups excluding tert-OH is 1. The molecule has 1 aliphatic carbocycles. The molecule has 1 aromatic rings. The van der Waals surface area contributed by atoms with Crippen molar-refractivity contribution in [1.29, 1.82) is 5.26 Å². The van der Waals surface area contributed by atoms with E-state index >= 15 is 0 Å². The number of aliphatic hydroxyl groups is 1. The zero-order valence-electron chi connectivity index (χ0n) is 10.4. The quantitative estimate of drug-likeness (QED) is 0.854. The highest BCUT2D eigenvalue weighted by atomic mass is 35.5. The summed E-state index contributed by atoms with van der Waals surface area (Å²) in [6, 6.07) is 6.64. The molecule has 1 heterocycles. The van der Waals surface area contributed by atoms with Crippen LogP contribution in [0.15, 0.2) is 18.2 Å². The fraction of sp³-hybridized carbons (Fsp3) is 0.429. The average molecular weight is 277 g/mol. The Balaban J connectivity index is 2.01. The summed E-state index contributed by atoms with van der Waals surface area (Å²) in [5.41, 5.74) is 0.454. The molecule has 1 aliphatic heterocycles. The third kappa shape index (κ3) is 1.59. The summed E-state index contributed by atoms with van der Waals surface area (Å²) in [4.78, 5) is 14.0. The third-order valence-electron chi connectivity index (χ3n) is 4.22. The summed E-state index contributed by atoms with van der Waals surface area (Å²) in [5, 5.41) is 19.4. The van der Waals surface area contributed by atoms with Gasteiger partial charge in [0, 0.05) is 5.69 Å². The Morgan fingerprint density at radius 1 is 1.53 bits per heavy atom. The number of nitriles is 1. The molecule has 1 spiro atoms. The van der Waals surface area contributed by atoms with Crippen LogP contribution < -0.4 is 4.90 Å². The van der Waals surface area contributed by atoms with Gasteiger partial charge in [-0.3, -0.25) is 4.79 Å². The number of carbonyl (C=O) groups is 1. The Bertz CT molecular complexity index is 604. The fourth-order valence-corrected chi connectivity index (χ4v) is 3.11. The van der Waals surface area contributed by atoms with Gasteiger partial charge in [0.25, 0.3) is 0 Å². The van der Waals surface area contributed by atoms with E-state index in [0.29, 0.717) is 16.3 Å². The van der Waals surface area contributed by atoms with Gasteiger partial charge in [0.2, 0.25) is 5.91 Å². The van der Waals surface area contributed by atoms with E-state index in [4.69, 9.17) is 16.9 Å². The van der Waals surface area contributed by atoms with Crippen LogP contribution in [0, 0.1) is 16.7 Å². The van der Waals surface area contributed by atoms with Crippen LogP contribution in [0.5, 0.6) is 0 Å². The first-order chi connectivity index (χ1) is 9.01. The van der Waals surface area contributed by atoms with Crippen molar-refractivity contribution in [2.75, 3.05) is 4.90 Å². The normalized spacial score (nSPS) is 27.7. The molecular weight excluding hydrogens is 264 g/mol. The Morgan fingerprint density at radius 2 is 2.21 bits per heavy atom. The lowest BCUT2D eigenvalue weighted by Crippen LogP contribution is -2.34. The topological polar surface area (TPSA) is 64.3 Å². The van der Waals surface area contributed by atoms with Crippen molar-refractivity contribution in [3.05, 3.63) is 28.8 Å². The van der Waals surface area contributed by atoms with Gasteiger partial charge in [0.15, 0.2) is 0 Å². The molecule has 3 rings (SSSR count). The number of benzene rings is 1. The van der Waals surface area contributed by atoms with E-state index in [1.54, 1.807) is 23.1 Å². The maximum atomic E-state index is 12.4. The maximum Gasteiger partial charge on any atom is 0.236 e. The molecule has 2 aliphatic rings. The molecule has 4 nitrogen and oxygen atoms in total. The SMILES string of the molecule is C[C@H]1C(O)C2(CC2)C(=O)N1c1ccc(C#N)c(Cl)c1. The van der Waals surface area contributed by atoms with Gasteiger partial charge in [-0.1, -0.05) is 11.6 Å². The molecule has 0 bridgehead atoms. The molecule has 1 unspecified atom stereocenters. The van der Waals surface area contributed by atoms with Crippen LogP contribution in [0.1, 0.15) is 25.3 Å². The molecule has 1 saturated heterocycles. The Morgan fingerprint density at radius 3 is 2.68 bits per heavy atom. The van der Waals surface area contributed by atoms with Crippen LogP contribution in [0.2, 0.25) is 5.02 Å². The van der Waals surface area contributed by atoms with E-state index in [1.807, 2.05) is 13.0 Å². The Kier molecular flexibility index (Phi) is 2.60. The molecule has 1 saturated carbocycles. The van der Waals surface area contributed by atoms with Gasteiger partial charge in [-0.2, -0.15) is 5.26 Å². The number of halogens is 1. The lowest BCUT2D eigenvalue weighted by atomic mass is 9.99. The Hall–Kier alpha value is -1.57. The first kappa shape index (κ1) is 12.5. The lowest BCUT2D eigenvalue weighted by molar-refractivity contribution is -0.123. The van der Waals surface area contributed by atoms with Gasteiger partial charge < -0.3 is 10.0 Å². The predicted octanol–water partition coefficient (Wildman–Crippen LogP) is 2.09. The number of hydrogen-bond acceptors (Lipinski definition) is 3.